The lowest BCUT2D eigenvalue weighted by Gasteiger charge is -2.05. The topological polar surface area (TPSA) is 37.3 Å². The Morgan fingerprint density at radius 3 is 2.61 bits per heavy atom. The minimum Gasteiger partial charge on any atom is -0.478 e. The number of halogens is 1. The molecule has 1 aromatic heterocycles. The lowest BCUT2D eigenvalue weighted by molar-refractivity contribution is -0.130. The van der Waals surface area contributed by atoms with Gasteiger partial charge in [-0.05, 0) is 36.1 Å². The van der Waals surface area contributed by atoms with Crippen molar-refractivity contribution in [3.8, 4) is 0 Å². The Morgan fingerprint density at radius 1 is 1.33 bits per heavy atom. The minimum atomic E-state index is -0.976. The SMILES string of the molecule is Cc1ccsc1C=C(C(=O)O)c1ccccc1Cl. The Bertz CT molecular complexity index is 614. The van der Waals surface area contributed by atoms with Gasteiger partial charge in [-0.2, -0.15) is 0 Å². The Balaban J connectivity index is 2.55. The zero-order chi connectivity index (χ0) is 13.1. The van der Waals surface area contributed by atoms with E-state index in [2.05, 4.69) is 0 Å². The number of carboxylic acid groups (broad SMARTS) is 1. The zero-order valence-electron chi connectivity index (χ0n) is 9.68. The summed E-state index contributed by atoms with van der Waals surface area (Å²) in [5.41, 5.74) is 1.82. The number of hydrogen-bond acceptors (Lipinski definition) is 2. The summed E-state index contributed by atoms with van der Waals surface area (Å²) in [7, 11) is 0. The Morgan fingerprint density at radius 2 is 2.06 bits per heavy atom. The number of aryl methyl sites for hydroxylation is 1. The average Bonchev–Trinajstić information content (AvgIpc) is 2.73. The Hall–Kier alpha value is -1.58. The van der Waals surface area contributed by atoms with Gasteiger partial charge >= 0.3 is 5.97 Å². The molecule has 0 aliphatic carbocycles. The summed E-state index contributed by atoms with van der Waals surface area (Å²) < 4.78 is 0. The number of carboxylic acids is 1. The van der Waals surface area contributed by atoms with Crippen LogP contribution in [0.25, 0.3) is 11.6 Å². The van der Waals surface area contributed by atoms with Gasteiger partial charge in [0.25, 0.3) is 0 Å². The van der Waals surface area contributed by atoms with Gasteiger partial charge in [0.15, 0.2) is 0 Å². The molecule has 1 aromatic carbocycles. The lowest BCUT2D eigenvalue weighted by Crippen LogP contribution is -2.00. The number of carbonyl (C=O) groups is 1. The smallest absolute Gasteiger partial charge is 0.336 e. The molecule has 0 radical (unpaired) electrons. The van der Waals surface area contributed by atoms with Gasteiger partial charge in [-0.3, -0.25) is 0 Å². The molecule has 0 saturated carbocycles. The number of benzene rings is 1. The Kier molecular flexibility index (Phi) is 3.84. The third-order valence-corrected chi connectivity index (χ3v) is 3.87. The maximum Gasteiger partial charge on any atom is 0.336 e. The first-order valence-electron chi connectivity index (χ1n) is 5.33. The van der Waals surface area contributed by atoms with Crippen LogP contribution in [0.15, 0.2) is 35.7 Å². The summed E-state index contributed by atoms with van der Waals surface area (Å²) in [6, 6.07) is 8.92. The second-order valence-electron chi connectivity index (χ2n) is 3.81. The fourth-order valence-electron chi connectivity index (χ4n) is 1.60. The predicted octanol–water partition coefficient (Wildman–Crippen LogP) is 4.34. The van der Waals surface area contributed by atoms with Gasteiger partial charge in [0.1, 0.15) is 0 Å². The van der Waals surface area contributed by atoms with Gasteiger partial charge < -0.3 is 5.11 Å². The normalized spacial score (nSPS) is 11.6. The van der Waals surface area contributed by atoms with Crippen molar-refractivity contribution < 1.29 is 9.90 Å². The third kappa shape index (κ3) is 2.63. The van der Waals surface area contributed by atoms with Crippen LogP contribution in [0, 0.1) is 6.92 Å². The van der Waals surface area contributed by atoms with E-state index in [0.717, 1.165) is 10.4 Å². The van der Waals surface area contributed by atoms with Crippen LogP contribution < -0.4 is 0 Å². The molecule has 92 valence electrons. The molecule has 0 aliphatic heterocycles. The molecular formula is C14H11ClO2S. The van der Waals surface area contributed by atoms with E-state index >= 15 is 0 Å². The van der Waals surface area contributed by atoms with E-state index in [1.165, 1.54) is 11.3 Å². The van der Waals surface area contributed by atoms with Crippen molar-refractivity contribution in [3.63, 3.8) is 0 Å². The molecule has 2 rings (SSSR count). The number of thiophene rings is 1. The standard InChI is InChI=1S/C14H11ClO2S/c1-9-6-7-18-13(9)8-11(14(16)17)10-4-2-3-5-12(10)15/h2-8H,1H3,(H,16,17). The van der Waals surface area contributed by atoms with Gasteiger partial charge in [-0.25, -0.2) is 4.79 Å². The molecule has 0 unspecified atom stereocenters. The van der Waals surface area contributed by atoms with Crippen LogP contribution >= 0.6 is 22.9 Å². The average molecular weight is 279 g/mol. The maximum absolute atomic E-state index is 11.4. The highest BCUT2D eigenvalue weighted by molar-refractivity contribution is 7.11. The fraction of sp³-hybridized carbons (Fsp3) is 0.0714. The Labute approximate surface area is 114 Å². The number of hydrogen-bond donors (Lipinski definition) is 1. The van der Waals surface area contributed by atoms with Gasteiger partial charge in [0, 0.05) is 15.5 Å². The van der Waals surface area contributed by atoms with E-state index in [9.17, 15) is 9.90 Å². The molecule has 0 saturated heterocycles. The summed E-state index contributed by atoms with van der Waals surface area (Å²) in [5.74, 6) is -0.976. The summed E-state index contributed by atoms with van der Waals surface area (Å²) in [6.07, 6.45) is 1.67. The second kappa shape index (κ2) is 5.38. The van der Waals surface area contributed by atoms with Gasteiger partial charge in [-0.1, -0.05) is 29.8 Å². The molecular weight excluding hydrogens is 268 g/mol. The van der Waals surface area contributed by atoms with Crippen molar-refractivity contribution >= 4 is 40.6 Å². The molecule has 2 aromatic rings. The molecule has 18 heavy (non-hydrogen) atoms. The minimum absolute atomic E-state index is 0.214. The lowest BCUT2D eigenvalue weighted by atomic mass is 10.0. The van der Waals surface area contributed by atoms with Crippen LogP contribution in [0.2, 0.25) is 5.02 Å². The molecule has 0 amide bonds. The molecule has 0 atom stereocenters. The number of rotatable bonds is 3. The summed E-state index contributed by atoms with van der Waals surface area (Å²) in [5, 5.41) is 11.7. The predicted molar refractivity (Wildman–Crippen MR) is 76.0 cm³/mol. The third-order valence-electron chi connectivity index (χ3n) is 2.57. The molecule has 0 spiro atoms. The van der Waals surface area contributed by atoms with Crippen LogP contribution in [0.4, 0.5) is 0 Å². The molecule has 0 aliphatic rings. The molecule has 2 nitrogen and oxygen atoms in total. The molecule has 0 bridgehead atoms. The maximum atomic E-state index is 11.4. The number of aliphatic carboxylic acids is 1. The van der Waals surface area contributed by atoms with Crippen LogP contribution in [0.5, 0.6) is 0 Å². The van der Waals surface area contributed by atoms with Crippen molar-refractivity contribution in [1.29, 1.82) is 0 Å². The highest BCUT2D eigenvalue weighted by atomic mass is 35.5. The van der Waals surface area contributed by atoms with Crippen molar-refractivity contribution in [2.24, 2.45) is 0 Å². The summed E-state index contributed by atoms with van der Waals surface area (Å²) >= 11 is 7.56. The molecule has 1 N–H and O–H groups in total. The van der Waals surface area contributed by atoms with Crippen LogP contribution in [0.1, 0.15) is 16.0 Å². The monoisotopic (exact) mass is 278 g/mol. The quantitative estimate of drug-likeness (QED) is 0.848. The highest BCUT2D eigenvalue weighted by Gasteiger charge is 2.14. The van der Waals surface area contributed by atoms with Crippen molar-refractivity contribution in [2.75, 3.05) is 0 Å². The first-order chi connectivity index (χ1) is 8.59. The van der Waals surface area contributed by atoms with E-state index in [4.69, 9.17) is 11.6 Å². The van der Waals surface area contributed by atoms with E-state index < -0.39 is 5.97 Å². The van der Waals surface area contributed by atoms with E-state index in [0.29, 0.717) is 10.6 Å². The van der Waals surface area contributed by atoms with E-state index in [1.807, 2.05) is 18.4 Å². The first-order valence-corrected chi connectivity index (χ1v) is 6.59. The van der Waals surface area contributed by atoms with Gasteiger partial charge in [-0.15, -0.1) is 11.3 Å². The van der Waals surface area contributed by atoms with Crippen molar-refractivity contribution in [1.82, 2.24) is 0 Å². The largest absolute Gasteiger partial charge is 0.478 e. The van der Waals surface area contributed by atoms with E-state index in [-0.39, 0.29) is 5.57 Å². The second-order valence-corrected chi connectivity index (χ2v) is 5.17. The fourth-order valence-corrected chi connectivity index (χ4v) is 2.69. The summed E-state index contributed by atoms with van der Waals surface area (Å²) in [6.45, 7) is 1.95. The molecule has 4 heteroatoms. The van der Waals surface area contributed by atoms with Crippen LogP contribution in [-0.4, -0.2) is 11.1 Å². The van der Waals surface area contributed by atoms with Crippen molar-refractivity contribution in [2.45, 2.75) is 6.92 Å². The zero-order valence-corrected chi connectivity index (χ0v) is 11.3. The van der Waals surface area contributed by atoms with Gasteiger partial charge in [0.2, 0.25) is 0 Å². The van der Waals surface area contributed by atoms with Crippen LogP contribution in [-0.2, 0) is 4.79 Å². The highest BCUT2D eigenvalue weighted by Crippen LogP contribution is 2.28. The summed E-state index contributed by atoms with van der Waals surface area (Å²) in [4.78, 5) is 12.3. The van der Waals surface area contributed by atoms with Crippen molar-refractivity contribution in [3.05, 3.63) is 56.7 Å². The first kappa shape index (κ1) is 12.9. The molecule has 0 fully saturated rings. The molecule has 1 heterocycles. The van der Waals surface area contributed by atoms with Gasteiger partial charge in [0.05, 0.1) is 5.57 Å². The van der Waals surface area contributed by atoms with E-state index in [1.54, 1.807) is 30.3 Å². The van der Waals surface area contributed by atoms with Crippen LogP contribution in [0.3, 0.4) is 0 Å².